The van der Waals surface area contributed by atoms with Gasteiger partial charge in [-0.3, -0.25) is 0 Å². The maximum atomic E-state index is 5.99. The normalized spacial score (nSPS) is 10.8. The van der Waals surface area contributed by atoms with Crippen LogP contribution in [-0.4, -0.2) is 20.2 Å². The summed E-state index contributed by atoms with van der Waals surface area (Å²) in [6.07, 6.45) is 0. The molecule has 0 aliphatic rings. The van der Waals surface area contributed by atoms with Crippen LogP contribution < -0.4 is 0 Å². The number of hydrogen-bond acceptors (Lipinski definition) is 6. The number of hydrogen-bond donors (Lipinski definition) is 0. The van der Waals surface area contributed by atoms with Crippen LogP contribution in [0.4, 0.5) is 0 Å². The van der Waals surface area contributed by atoms with Crippen LogP contribution in [0.15, 0.2) is 9.37 Å². The fourth-order valence-electron chi connectivity index (χ4n) is 1.07. The van der Waals surface area contributed by atoms with Gasteiger partial charge in [0.05, 0.1) is 0 Å². The average molecular weight is 273 g/mol. The van der Waals surface area contributed by atoms with E-state index in [0.717, 1.165) is 19.9 Å². The summed E-state index contributed by atoms with van der Waals surface area (Å²) in [7, 11) is 0. The zero-order chi connectivity index (χ0) is 11.7. The van der Waals surface area contributed by atoms with E-state index < -0.39 is 0 Å². The second-order valence-corrected chi connectivity index (χ2v) is 5.96. The van der Waals surface area contributed by atoms with Crippen LogP contribution in [-0.2, 0) is 0 Å². The summed E-state index contributed by atoms with van der Waals surface area (Å²) in [5.41, 5.74) is 0.880. The van der Waals surface area contributed by atoms with Crippen LogP contribution in [0.25, 0.3) is 0 Å². The maximum Gasteiger partial charge on any atom is 0.180 e. The molecule has 0 spiro atoms. The fraction of sp³-hybridized carbons (Fsp3) is 0.333. The largest absolute Gasteiger partial charge is 0.226 e. The van der Waals surface area contributed by atoms with Crippen molar-refractivity contribution in [1.29, 1.82) is 0 Å². The van der Waals surface area contributed by atoms with Crippen molar-refractivity contribution in [2.45, 2.75) is 30.1 Å². The summed E-state index contributed by atoms with van der Waals surface area (Å²) in [5, 5.41) is 10.3. The van der Waals surface area contributed by atoms with E-state index in [0.29, 0.717) is 11.0 Å². The lowest BCUT2D eigenvalue weighted by atomic mass is 10.4. The first-order valence-corrected chi connectivity index (χ1v) is 6.56. The van der Waals surface area contributed by atoms with Crippen LogP contribution >= 0.6 is 34.7 Å². The highest BCUT2D eigenvalue weighted by Gasteiger charge is 2.11. The molecule has 84 valence electrons. The van der Waals surface area contributed by atoms with Crippen LogP contribution in [0.5, 0.6) is 0 Å². The molecule has 0 radical (unpaired) electrons. The minimum absolute atomic E-state index is 0.497. The molecular weight excluding hydrogens is 264 g/mol. The van der Waals surface area contributed by atoms with E-state index in [2.05, 4.69) is 20.2 Å². The van der Waals surface area contributed by atoms with E-state index in [1.165, 1.54) is 11.8 Å². The van der Waals surface area contributed by atoms with E-state index in [4.69, 9.17) is 11.6 Å². The summed E-state index contributed by atoms with van der Waals surface area (Å²) in [6.45, 7) is 5.64. The molecule has 0 unspecified atom stereocenters. The molecule has 2 rings (SSSR count). The van der Waals surface area contributed by atoms with Gasteiger partial charge in [-0.05, 0) is 32.5 Å². The van der Waals surface area contributed by atoms with Crippen molar-refractivity contribution in [3.05, 3.63) is 21.5 Å². The SMILES string of the molecule is Cc1nc(Cl)c(C)c(Sc2nnc(C)s2)n1. The Labute approximate surface area is 106 Å². The summed E-state index contributed by atoms with van der Waals surface area (Å²) >= 11 is 9.01. The fourth-order valence-corrected chi connectivity index (χ4v) is 3.20. The van der Waals surface area contributed by atoms with Crippen molar-refractivity contribution >= 4 is 34.7 Å². The Kier molecular flexibility index (Phi) is 3.41. The van der Waals surface area contributed by atoms with E-state index in [1.54, 1.807) is 11.3 Å². The summed E-state index contributed by atoms with van der Waals surface area (Å²) in [6, 6.07) is 0. The number of aromatic nitrogens is 4. The number of nitrogens with zero attached hydrogens (tertiary/aromatic N) is 4. The number of rotatable bonds is 2. The third-order valence-corrected chi connectivity index (χ3v) is 4.19. The molecule has 0 fully saturated rings. The number of aryl methyl sites for hydroxylation is 2. The van der Waals surface area contributed by atoms with Crippen LogP contribution in [0, 0.1) is 20.8 Å². The summed E-state index contributed by atoms with van der Waals surface area (Å²) in [5.74, 6) is 0.666. The van der Waals surface area contributed by atoms with Crippen LogP contribution in [0.3, 0.4) is 0 Å². The lowest BCUT2D eigenvalue weighted by molar-refractivity contribution is 0.931. The molecule has 0 saturated carbocycles. The number of halogens is 1. The summed E-state index contributed by atoms with van der Waals surface area (Å²) in [4.78, 5) is 8.43. The molecule has 0 amide bonds. The monoisotopic (exact) mass is 272 g/mol. The van der Waals surface area contributed by atoms with Crippen LogP contribution in [0.1, 0.15) is 16.4 Å². The topological polar surface area (TPSA) is 51.6 Å². The molecule has 2 heterocycles. The molecule has 0 saturated heterocycles. The maximum absolute atomic E-state index is 5.99. The van der Waals surface area contributed by atoms with E-state index in [1.807, 2.05) is 20.8 Å². The van der Waals surface area contributed by atoms with Crippen molar-refractivity contribution in [2.75, 3.05) is 0 Å². The second kappa shape index (κ2) is 4.65. The van der Waals surface area contributed by atoms with Gasteiger partial charge in [0.1, 0.15) is 21.0 Å². The Morgan fingerprint density at radius 1 is 1.12 bits per heavy atom. The lowest BCUT2D eigenvalue weighted by Crippen LogP contribution is -1.94. The Morgan fingerprint density at radius 3 is 2.50 bits per heavy atom. The van der Waals surface area contributed by atoms with Gasteiger partial charge >= 0.3 is 0 Å². The van der Waals surface area contributed by atoms with Gasteiger partial charge in [-0.25, -0.2) is 9.97 Å². The Morgan fingerprint density at radius 2 is 1.88 bits per heavy atom. The molecule has 0 bridgehead atoms. The van der Waals surface area contributed by atoms with Crippen molar-refractivity contribution in [3.8, 4) is 0 Å². The highest BCUT2D eigenvalue weighted by Crippen LogP contribution is 2.32. The van der Waals surface area contributed by atoms with Gasteiger partial charge < -0.3 is 0 Å². The van der Waals surface area contributed by atoms with E-state index in [-0.39, 0.29) is 0 Å². The van der Waals surface area contributed by atoms with Crippen LogP contribution in [0.2, 0.25) is 5.15 Å². The third-order valence-electron chi connectivity index (χ3n) is 1.85. The van der Waals surface area contributed by atoms with Gasteiger partial charge in [0.15, 0.2) is 4.34 Å². The molecule has 0 atom stereocenters. The first-order valence-electron chi connectivity index (χ1n) is 4.55. The molecular formula is C9H9ClN4S2. The smallest absolute Gasteiger partial charge is 0.180 e. The Hall–Kier alpha value is -0.720. The Balaban J connectivity index is 2.34. The van der Waals surface area contributed by atoms with Gasteiger partial charge in [0.2, 0.25) is 0 Å². The first-order chi connectivity index (χ1) is 7.56. The van der Waals surface area contributed by atoms with Gasteiger partial charge in [-0.1, -0.05) is 22.9 Å². The van der Waals surface area contributed by atoms with Gasteiger partial charge in [0, 0.05) is 5.56 Å². The quantitative estimate of drug-likeness (QED) is 0.787. The molecule has 2 aromatic heterocycles. The summed E-state index contributed by atoms with van der Waals surface area (Å²) < 4.78 is 0.870. The van der Waals surface area contributed by atoms with E-state index >= 15 is 0 Å². The minimum atomic E-state index is 0.497. The first kappa shape index (κ1) is 11.8. The van der Waals surface area contributed by atoms with Crippen molar-refractivity contribution in [1.82, 2.24) is 20.2 Å². The van der Waals surface area contributed by atoms with Crippen molar-refractivity contribution in [2.24, 2.45) is 0 Å². The minimum Gasteiger partial charge on any atom is -0.226 e. The lowest BCUT2D eigenvalue weighted by Gasteiger charge is -2.04. The standard InChI is InChI=1S/C9H9ClN4S2/c1-4-7(10)11-5(2)12-8(4)16-9-14-13-6(3)15-9/h1-3H3. The van der Waals surface area contributed by atoms with E-state index in [9.17, 15) is 0 Å². The molecule has 4 nitrogen and oxygen atoms in total. The predicted molar refractivity (Wildman–Crippen MR) is 65.3 cm³/mol. The van der Waals surface area contributed by atoms with Crippen molar-refractivity contribution in [3.63, 3.8) is 0 Å². The molecule has 0 aliphatic carbocycles. The molecule has 2 aromatic rings. The average Bonchev–Trinajstić information content (AvgIpc) is 2.60. The molecule has 7 heteroatoms. The predicted octanol–water partition coefficient (Wildman–Crippen LogP) is 3.06. The molecule has 16 heavy (non-hydrogen) atoms. The third kappa shape index (κ3) is 2.50. The molecule has 0 N–H and O–H groups in total. The van der Waals surface area contributed by atoms with Gasteiger partial charge in [0.25, 0.3) is 0 Å². The second-order valence-electron chi connectivity index (χ2n) is 3.18. The highest BCUT2D eigenvalue weighted by atomic mass is 35.5. The van der Waals surface area contributed by atoms with Crippen molar-refractivity contribution < 1.29 is 0 Å². The van der Waals surface area contributed by atoms with Gasteiger partial charge in [-0.15, -0.1) is 10.2 Å². The van der Waals surface area contributed by atoms with Gasteiger partial charge in [-0.2, -0.15) is 0 Å². The zero-order valence-electron chi connectivity index (χ0n) is 8.98. The highest BCUT2D eigenvalue weighted by molar-refractivity contribution is 8.01. The zero-order valence-corrected chi connectivity index (χ0v) is 11.4. The Bertz CT molecular complexity index is 526. The molecule has 0 aromatic carbocycles. The molecule has 0 aliphatic heterocycles.